The lowest BCUT2D eigenvalue weighted by Gasteiger charge is -2.35. The topological polar surface area (TPSA) is 92.1 Å². The monoisotopic (exact) mass is 553 g/mol. The SMILES string of the molecule is CC(C)(CCCc1ccc(NC(=O)NCc2cc(C(F)(F)F)nn2-c2cccc(Cl)c2)cn1)[Si](C)(C)O. The minimum Gasteiger partial charge on any atom is -0.432 e. The quantitative estimate of drug-likeness (QED) is 0.262. The number of hydrogen-bond acceptors (Lipinski definition) is 4. The fourth-order valence-corrected chi connectivity index (χ4v) is 4.50. The van der Waals surface area contributed by atoms with Crippen molar-refractivity contribution in [3.05, 3.63) is 70.8 Å². The number of aromatic nitrogens is 3. The number of urea groups is 1. The largest absolute Gasteiger partial charge is 0.435 e. The maximum atomic E-state index is 13.3. The first-order valence-corrected chi connectivity index (χ1v) is 15.1. The summed E-state index contributed by atoms with van der Waals surface area (Å²) in [6.07, 6.45) is -0.600. The lowest BCUT2D eigenvalue weighted by atomic mass is 10.0. The Bertz CT molecular complexity index is 1220. The third kappa shape index (κ3) is 7.80. The van der Waals surface area contributed by atoms with Gasteiger partial charge in [0, 0.05) is 10.7 Å². The Balaban J connectivity index is 1.59. The molecule has 0 aliphatic rings. The Morgan fingerprint density at radius 2 is 1.89 bits per heavy atom. The van der Waals surface area contributed by atoms with Crippen LogP contribution in [0.5, 0.6) is 0 Å². The van der Waals surface area contributed by atoms with Crippen molar-refractivity contribution in [1.82, 2.24) is 20.1 Å². The summed E-state index contributed by atoms with van der Waals surface area (Å²) in [4.78, 5) is 27.2. The van der Waals surface area contributed by atoms with Crippen LogP contribution in [0.15, 0.2) is 48.7 Å². The zero-order valence-corrected chi connectivity index (χ0v) is 22.9. The zero-order valence-electron chi connectivity index (χ0n) is 21.2. The summed E-state index contributed by atoms with van der Waals surface area (Å²) in [7, 11) is -2.26. The Labute approximate surface area is 220 Å². The first-order valence-electron chi connectivity index (χ1n) is 11.8. The van der Waals surface area contributed by atoms with E-state index in [9.17, 15) is 22.8 Å². The molecule has 2 aromatic heterocycles. The second kappa shape index (κ2) is 11.2. The molecule has 0 atom stereocenters. The van der Waals surface area contributed by atoms with Gasteiger partial charge in [0.1, 0.15) is 0 Å². The minimum absolute atomic E-state index is 0.102. The van der Waals surface area contributed by atoms with Gasteiger partial charge >= 0.3 is 12.2 Å². The molecule has 0 bridgehead atoms. The summed E-state index contributed by atoms with van der Waals surface area (Å²) in [6, 6.07) is 10.1. The summed E-state index contributed by atoms with van der Waals surface area (Å²) >= 11 is 5.98. The van der Waals surface area contributed by atoms with Crippen molar-refractivity contribution in [1.29, 1.82) is 0 Å². The Morgan fingerprint density at radius 1 is 1.16 bits per heavy atom. The van der Waals surface area contributed by atoms with Gasteiger partial charge in [0.2, 0.25) is 0 Å². The number of rotatable bonds is 9. The van der Waals surface area contributed by atoms with Crippen LogP contribution in [0.25, 0.3) is 5.69 Å². The molecule has 0 radical (unpaired) electrons. The van der Waals surface area contributed by atoms with Crippen LogP contribution in [0.2, 0.25) is 23.2 Å². The first kappa shape index (κ1) is 28.7. The summed E-state index contributed by atoms with van der Waals surface area (Å²) < 4.78 is 40.9. The maximum Gasteiger partial charge on any atom is 0.435 e. The number of anilines is 1. The van der Waals surface area contributed by atoms with E-state index in [4.69, 9.17) is 11.6 Å². The third-order valence-electron chi connectivity index (χ3n) is 6.53. The molecule has 0 fully saturated rings. The number of hydrogen-bond donors (Lipinski definition) is 3. The standard InChI is InChI=1S/C25H31ClF3N5O2Si/c1-24(2,37(3,4)36)12-6-8-18-10-11-19(15-30-18)32-23(35)31-16-21-14-22(25(27,28)29)33-34(21)20-9-5-7-17(26)13-20/h5,7,9-11,13-15,36H,6,8,12,16H2,1-4H3,(H2,31,32,35). The van der Waals surface area contributed by atoms with Crippen LogP contribution in [-0.2, 0) is 19.1 Å². The van der Waals surface area contributed by atoms with Crippen molar-refractivity contribution in [2.75, 3.05) is 5.32 Å². The number of halogens is 4. The van der Waals surface area contributed by atoms with E-state index < -0.39 is 26.2 Å². The van der Waals surface area contributed by atoms with Gasteiger partial charge in [-0.15, -0.1) is 0 Å². The average Bonchev–Trinajstić information content (AvgIpc) is 3.23. The van der Waals surface area contributed by atoms with Crippen LogP contribution in [0, 0.1) is 0 Å². The molecule has 0 unspecified atom stereocenters. The van der Waals surface area contributed by atoms with E-state index in [-0.39, 0.29) is 17.3 Å². The highest BCUT2D eigenvalue weighted by atomic mass is 35.5. The van der Waals surface area contributed by atoms with Crippen molar-refractivity contribution in [2.45, 2.75) is 64.0 Å². The number of alkyl halides is 3. The molecule has 2 amide bonds. The molecule has 3 aromatic rings. The van der Waals surface area contributed by atoms with E-state index in [0.29, 0.717) is 16.4 Å². The maximum absolute atomic E-state index is 13.3. The van der Waals surface area contributed by atoms with Gasteiger partial charge in [0.05, 0.1) is 29.8 Å². The number of carbonyl (C=O) groups excluding carboxylic acids is 1. The molecule has 0 aliphatic heterocycles. The molecule has 0 saturated carbocycles. The Morgan fingerprint density at radius 3 is 2.49 bits per heavy atom. The summed E-state index contributed by atoms with van der Waals surface area (Å²) in [5.41, 5.74) is 0.718. The first-order chi connectivity index (χ1) is 17.2. The molecule has 7 nitrogen and oxygen atoms in total. The van der Waals surface area contributed by atoms with Gasteiger partial charge in [-0.2, -0.15) is 18.3 Å². The molecule has 0 spiro atoms. The molecule has 37 heavy (non-hydrogen) atoms. The zero-order chi connectivity index (χ0) is 27.4. The van der Waals surface area contributed by atoms with E-state index >= 15 is 0 Å². The number of carbonyl (C=O) groups is 1. The van der Waals surface area contributed by atoms with E-state index in [1.807, 2.05) is 19.2 Å². The van der Waals surface area contributed by atoms with Crippen molar-refractivity contribution in [3.63, 3.8) is 0 Å². The Kier molecular flexibility index (Phi) is 8.71. The van der Waals surface area contributed by atoms with E-state index in [1.54, 1.807) is 24.3 Å². The van der Waals surface area contributed by atoms with Gasteiger partial charge < -0.3 is 15.4 Å². The molecule has 2 heterocycles. The highest BCUT2D eigenvalue weighted by Crippen LogP contribution is 2.40. The van der Waals surface area contributed by atoms with Gasteiger partial charge in [-0.1, -0.05) is 31.5 Å². The summed E-state index contributed by atoms with van der Waals surface area (Å²) in [6.45, 7) is 7.86. The lowest BCUT2D eigenvalue weighted by Crippen LogP contribution is -2.38. The van der Waals surface area contributed by atoms with Crippen LogP contribution < -0.4 is 10.6 Å². The number of benzene rings is 1. The van der Waals surface area contributed by atoms with Crippen LogP contribution in [0.3, 0.4) is 0 Å². The Hall–Kier alpha value is -2.89. The van der Waals surface area contributed by atoms with Crippen molar-refractivity contribution in [2.24, 2.45) is 0 Å². The molecule has 3 rings (SSSR count). The van der Waals surface area contributed by atoms with E-state index in [0.717, 1.165) is 35.7 Å². The van der Waals surface area contributed by atoms with Gasteiger partial charge in [0.15, 0.2) is 14.0 Å². The van der Waals surface area contributed by atoms with Crippen molar-refractivity contribution >= 4 is 31.6 Å². The van der Waals surface area contributed by atoms with Crippen molar-refractivity contribution < 1.29 is 22.8 Å². The molecule has 12 heteroatoms. The molecule has 200 valence electrons. The number of amides is 2. The van der Waals surface area contributed by atoms with Crippen LogP contribution >= 0.6 is 11.6 Å². The molecular formula is C25H31ClF3N5O2Si. The normalized spacial score (nSPS) is 12.5. The second-order valence-corrected chi connectivity index (χ2v) is 15.0. The van der Waals surface area contributed by atoms with E-state index in [1.165, 1.54) is 12.3 Å². The van der Waals surface area contributed by atoms with Crippen LogP contribution in [0.4, 0.5) is 23.7 Å². The smallest absolute Gasteiger partial charge is 0.432 e. The predicted octanol–water partition coefficient (Wildman–Crippen LogP) is 6.56. The second-order valence-electron chi connectivity index (χ2n) is 10.1. The summed E-state index contributed by atoms with van der Waals surface area (Å²) in [5.74, 6) is 0. The molecule has 3 N–H and O–H groups in total. The van der Waals surface area contributed by atoms with Crippen LogP contribution in [-0.4, -0.2) is 33.9 Å². The van der Waals surface area contributed by atoms with Gasteiger partial charge in [-0.3, -0.25) is 4.98 Å². The molecule has 0 saturated heterocycles. The van der Waals surface area contributed by atoms with Gasteiger partial charge in [0.25, 0.3) is 0 Å². The van der Waals surface area contributed by atoms with Crippen molar-refractivity contribution in [3.8, 4) is 5.69 Å². The molecule has 1 aromatic carbocycles. The number of nitrogens with zero attached hydrogens (tertiary/aromatic N) is 3. The fraction of sp³-hybridized carbons (Fsp3) is 0.400. The van der Waals surface area contributed by atoms with Gasteiger partial charge in [-0.05, 0) is 73.8 Å². The van der Waals surface area contributed by atoms with Gasteiger partial charge in [-0.25, -0.2) is 9.48 Å². The van der Waals surface area contributed by atoms with Crippen LogP contribution in [0.1, 0.15) is 43.8 Å². The predicted molar refractivity (Wildman–Crippen MR) is 140 cm³/mol. The molecule has 0 aliphatic carbocycles. The molecular weight excluding hydrogens is 523 g/mol. The minimum atomic E-state index is -4.64. The summed E-state index contributed by atoms with van der Waals surface area (Å²) in [5, 5.41) is 9.09. The number of aryl methyl sites for hydroxylation is 1. The average molecular weight is 554 g/mol. The lowest BCUT2D eigenvalue weighted by molar-refractivity contribution is -0.141. The highest BCUT2D eigenvalue weighted by Gasteiger charge is 2.37. The fourth-order valence-electron chi connectivity index (χ4n) is 3.53. The number of nitrogens with one attached hydrogen (secondary N) is 2. The van der Waals surface area contributed by atoms with E-state index in [2.05, 4.69) is 34.6 Å². The highest BCUT2D eigenvalue weighted by molar-refractivity contribution is 6.72. The number of pyridine rings is 1. The third-order valence-corrected chi connectivity index (χ3v) is 10.3.